The van der Waals surface area contributed by atoms with E-state index in [9.17, 15) is 9.59 Å². The van der Waals surface area contributed by atoms with E-state index in [1.807, 2.05) is 20.8 Å². The molecule has 0 heterocycles. The number of hydrogen-bond donors (Lipinski definition) is 1. The second-order valence-electron chi connectivity index (χ2n) is 4.39. The summed E-state index contributed by atoms with van der Waals surface area (Å²) < 4.78 is 0. The van der Waals surface area contributed by atoms with E-state index >= 15 is 0 Å². The fraction of sp³-hybridized carbons (Fsp3) is 0.429. The minimum Gasteiger partial charge on any atom is -0.326 e. The first-order chi connectivity index (χ1) is 8.04. The van der Waals surface area contributed by atoms with E-state index in [1.54, 1.807) is 24.3 Å². The van der Waals surface area contributed by atoms with Gasteiger partial charge in [0.15, 0.2) is 5.78 Å². The molecule has 0 unspecified atom stereocenters. The number of rotatable bonds is 5. The number of Topliss-reactive ketones (excluding diaryl/α,β-unsaturated/α-hetero) is 1. The quantitative estimate of drug-likeness (QED) is 0.793. The molecule has 1 aromatic carbocycles. The molecule has 0 saturated carbocycles. The van der Waals surface area contributed by atoms with Gasteiger partial charge in [-0.2, -0.15) is 0 Å². The molecule has 0 fully saturated rings. The summed E-state index contributed by atoms with van der Waals surface area (Å²) in [4.78, 5) is 23.1. The topological polar surface area (TPSA) is 46.2 Å². The molecule has 1 aromatic rings. The van der Waals surface area contributed by atoms with Gasteiger partial charge in [0, 0.05) is 23.6 Å². The average Bonchev–Trinajstić information content (AvgIpc) is 2.29. The Labute approximate surface area is 102 Å². The fourth-order valence-corrected chi connectivity index (χ4v) is 1.50. The number of hydrogen-bond acceptors (Lipinski definition) is 2. The Bertz CT molecular complexity index is 393. The van der Waals surface area contributed by atoms with Crippen molar-refractivity contribution in [1.82, 2.24) is 0 Å². The molecule has 0 spiro atoms. The summed E-state index contributed by atoms with van der Waals surface area (Å²) in [6.45, 7) is 5.71. The minimum absolute atomic E-state index is 0.00414. The highest BCUT2D eigenvalue weighted by Gasteiger charge is 2.10. The van der Waals surface area contributed by atoms with Crippen LogP contribution in [0.25, 0.3) is 0 Å². The third-order valence-corrected chi connectivity index (χ3v) is 2.45. The molecule has 1 rings (SSSR count). The van der Waals surface area contributed by atoms with Crippen LogP contribution >= 0.6 is 0 Å². The number of anilines is 1. The van der Waals surface area contributed by atoms with Gasteiger partial charge in [-0.05, 0) is 30.7 Å². The Morgan fingerprint density at radius 2 is 1.76 bits per heavy atom. The fourth-order valence-electron chi connectivity index (χ4n) is 1.50. The molecule has 3 nitrogen and oxygen atoms in total. The first kappa shape index (κ1) is 13.4. The molecule has 0 aliphatic carbocycles. The summed E-state index contributed by atoms with van der Waals surface area (Å²) in [6.07, 6.45) is 1.35. The van der Waals surface area contributed by atoms with Crippen molar-refractivity contribution < 1.29 is 9.59 Å². The zero-order valence-electron chi connectivity index (χ0n) is 10.6. The van der Waals surface area contributed by atoms with Crippen LogP contribution in [0, 0.1) is 5.92 Å². The van der Waals surface area contributed by atoms with Crippen molar-refractivity contribution >= 4 is 17.4 Å². The van der Waals surface area contributed by atoms with Crippen molar-refractivity contribution in [1.29, 1.82) is 0 Å². The van der Waals surface area contributed by atoms with Crippen LogP contribution in [0.5, 0.6) is 0 Å². The molecule has 0 aromatic heterocycles. The van der Waals surface area contributed by atoms with Gasteiger partial charge in [0.2, 0.25) is 5.91 Å². The maximum Gasteiger partial charge on any atom is 0.224 e. The van der Waals surface area contributed by atoms with E-state index in [1.165, 1.54) is 0 Å². The second-order valence-corrected chi connectivity index (χ2v) is 4.39. The van der Waals surface area contributed by atoms with Crippen LogP contribution in [0.1, 0.15) is 44.0 Å². The van der Waals surface area contributed by atoms with Crippen LogP contribution in [0.15, 0.2) is 24.3 Å². The maximum atomic E-state index is 11.7. The number of nitrogens with one attached hydrogen (secondary N) is 1. The minimum atomic E-state index is -0.00414. The number of benzene rings is 1. The van der Waals surface area contributed by atoms with E-state index in [0.29, 0.717) is 12.0 Å². The molecule has 0 bridgehead atoms. The normalized spacial score (nSPS) is 10.4. The van der Waals surface area contributed by atoms with Gasteiger partial charge in [-0.3, -0.25) is 9.59 Å². The monoisotopic (exact) mass is 233 g/mol. The first-order valence-corrected chi connectivity index (χ1v) is 5.98. The van der Waals surface area contributed by atoms with Crippen LogP contribution in [0.2, 0.25) is 0 Å². The second kappa shape index (κ2) is 6.18. The van der Waals surface area contributed by atoms with Gasteiger partial charge in [-0.15, -0.1) is 0 Å². The molecule has 92 valence electrons. The third kappa shape index (κ3) is 4.02. The summed E-state index contributed by atoms with van der Waals surface area (Å²) >= 11 is 0. The Hall–Kier alpha value is -1.64. The van der Waals surface area contributed by atoms with Crippen LogP contribution in [-0.4, -0.2) is 11.7 Å². The van der Waals surface area contributed by atoms with Gasteiger partial charge in [0.1, 0.15) is 0 Å². The van der Waals surface area contributed by atoms with Gasteiger partial charge >= 0.3 is 0 Å². The van der Waals surface area contributed by atoms with Crippen molar-refractivity contribution in [2.45, 2.75) is 33.6 Å². The van der Waals surface area contributed by atoms with Crippen molar-refractivity contribution in [3.8, 4) is 0 Å². The molecule has 0 aliphatic heterocycles. The Kier molecular flexibility index (Phi) is 4.88. The summed E-state index contributed by atoms with van der Waals surface area (Å²) in [5.74, 6) is 0.127. The standard InChI is InChI=1S/C14H19NO2/c1-4-5-13(16)15-12-8-6-11(7-9-12)14(17)10(2)3/h6-10H,4-5H2,1-3H3,(H,15,16). The molecular weight excluding hydrogens is 214 g/mol. The van der Waals surface area contributed by atoms with E-state index in [0.717, 1.165) is 12.1 Å². The van der Waals surface area contributed by atoms with Gasteiger partial charge in [-0.1, -0.05) is 20.8 Å². The van der Waals surface area contributed by atoms with Crippen LogP contribution in [-0.2, 0) is 4.79 Å². The maximum absolute atomic E-state index is 11.7. The number of carbonyl (C=O) groups excluding carboxylic acids is 2. The number of ketones is 1. The zero-order chi connectivity index (χ0) is 12.8. The third-order valence-electron chi connectivity index (χ3n) is 2.45. The van der Waals surface area contributed by atoms with Gasteiger partial charge in [-0.25, -0.2) is 0 Å². The molecule has 0 radical (unpaired) electrons. The Morgan fingerprint density at radius 1 is 1.18 bits per heavy atom. The largest absolute Gasteiger partial charge is 0.326 e. The van der Waals surface area contributed by atoms with Crippen molar-refractivity contribution in [2.24, 2.45) is 5.92 Å². The molecule has 17 heavy (non-hydrogen) atoms. The molecular formula is C14H19NO2. The SMILES string of the molecule is CCCC(=O)Nc1ccc(C(=O)C(C)C)cc1. The predicted molar refractivity (Wildman–Crippen MR) is 69.1 cm³/mol. The Morgan fingerprint density at radius 3 is 2.24 bits per heavy atom. The molecule has 1 amide bonds. The highest BCUT2D eigenvalue weighted by atomic mass is 16.1. The predicted octanol–water partition coefficient (Wildman–Crippen LogP) is 3.26. The van der Waals surface area contributed by atoms with Gasteiger partial charge < -0.3 is 5.32 Å². The highest BCUT2D eigenvalue weighted by Crippen LogP contribution is 2.13. The number of carbonyl (C=O) groups is 2. The molecule has 0 aliphatic rings. The lowest BCUT2D eigenvalue weighted by atomic mass is 10.0. The summed E-state index contributed by atoms with van der Waals surface area (Å²) in [6, 6.07) is 7.04. The summed E-state index contributed by atoms with van der Waals surface area (Å²) in [5, 5.41) is 2.79. The smallest absolute Gasteiger partial charge is 0.224 e. The lowest BCUT2D eigenvalue weighted by Gasteiger charge is -2.07. The molecule has 0 saturated heterocycles. The van der Waals surface area contributed by atoms with Crippen LogP contribution in [0.3, 0.4) is 0 Å². The summed E-state index contributed by atoms with van der Waals surface area (Å²) in [7, 11) is 0. The molecule has 3 heteroatoms. The van der Waals surface area contributed by atoms with E-state index in [4.69, 9.17) is 0 Å². The van der Waals surface area contributed by atoms with Crippen molar-refractivity contribution in [2.75, 3.05) is 5.32 Å². The van der Waals surface area contributed by atoms with E-state index in [2.05, 4.69) is 5.32 Å². The van der Waals surface area contributed by atoms with Gasteiger partial charge in [0.05, 0.1) is 0 Å². The highest BCUT2D eigenvalue weighted by molar-refractivity contribution is 5.98. The van der Waals surface area contributed by atoms with Crippen LogP contribution in [0.4, 0.5) is 5.69 Å². The number of amides is 1. The lowest BCUT2D eigenvalue weighted by Crippen LogP contribution is -2.11. The zero-order valence-corrected chi connectivity index (χ0v) is 10.6. The summed E-state index contributed by atoms with van der Waals surface area (Å²) in [5.41, 5.74) is 1.43. The first-order valence-electron chi connectivity index (χ1n) is 5.98. The van der Waals surface area contributed by atoms with E-state index < -0.39 is 0 Å². The molecule has 0 atom stereocenters. The lowest BCUT2D eigenvalue weighted by molar-refractivity contribution is -0.116. The average molecular weight is 233 g/mol. The van der Waals surface area contributed by atoms with Crippen molar-refractivity contribution in [3.05, 3.63) is 29.8 Å². The van der Waals surface area contributed by atoms with E-state index in [-0.39, 0.29) is 17.6 Å². The van der Waals surface area contributed by atoms with Crippen molar-refractivity contribution in [3.63, 3.8) is 0 Å². The molecule has 1 N–H and O–H groups in total. The van der Waals surface area contributed by atoms with Gasteiger partial charge in [0.25, 0.3) is 0 Å². The Balaban J connectivity index is 2.68. The van der Waals surface area contributed by atoms with Crippen LogP contribution < -0.4 is 5.32 Å².